The minimum absolute atomic E-state index is 0.0421. The van der Waals surface area contributed by atoms with E-state index >= 15 is 0 Å². The lowest BCUT2D eigenvalue weighted by Gasteiger charge is -2.20. The van der Waals surface area contributed by atoms with Gasteiger partial charge in [-0.3, -0.25) is 4.79 Å². The molecule has 4 nitrogen and oxygen atoms in total. The van der Waals surface area contributed by atoms with Gasteiger partial charge in [-0.05, 0) is 26.2 Å². The number of nitriles is 1. The summed E-state index contributed by atoms with van der Waals surface area (Å²) < 4.78 is 0. The van der Waals surface area contributed by atoms with Gasteiger partial charge >= 0.3 is 0 Å². The predicted molar refractivity (Wildman–Crippen MR) is 64.4 cm³/mol. The molecule has 0 aliphatic heterocycles. The number of rotatable bonds is 6. The second-order valence-electron chi connectivity index (χ2n) is 5.28. The first-order valence-electron chi connectivity index (χ1n) is 5.71. The number of hydrogen-bond acceptors (Lipinski definition) is 3. The summed E-state index contributed by atoms with van der Waals surface area (Å²) in [6, 6.07) is 2.15. The molecular formula is C12H23N3O. The molecule has 0 bridgehead atoms. The Morgan fingerprint density at radius 2 is 2.06 bits per heavy atom. The van der Waals surface area contributed by atoms with Gasteiger partial charge in [-0.2, -0.15) is 5.26 Å². The van der Waals surface area contributed by atoms with E-state index in [2.05, 4.69) is 25.2 Å². The second kappa shape index (κ2) is 6.49. The Kier molecular flexibility index (Phi) is 6.05. The first-order chi connectivity index (χ1) is 7.32. The molecule has 0 saturated carbocycles. The molecule has 4 heteroatoms. The van der Waals surface area contributed by atoms with Crippen LogP contribution in [-0.4, -0.2) is 19.0 Å². The number of nitrogens with two attached hydrogens (primary N) is 1. The Morgan fingerprint density at radius 1 is 1.50 bits per heavy atom. The Bertz CT molecular complexity index is 266. The van der Waals surface area contributed by atoms with Crippen molar-refractivity contribution in [2.75, 3.05) is 13.1 Å². The normalized spacial score (nSPS) is 13.3. The summed E-state index contributed by atoms with van der Waals surface area (Å²) in [7, 11) is 0. The van der Waals surface area contributed by atoms with Crippen molar-refractivity contribution < 1.29 is 4.79 Å². The van der Waals surface area contributed by atoms with E-state index in [-0.39, 0.29) is 11.8 Å². The maximum absolute atomic E-state index is 11.8. The Hall–Kier alpha value is -1.08. The third-order valence-electron chi connectivity index (χ3n) is 2.42. The number of nitrogens with zero attached hydrogens (tertiary/aromatic N) is 1. The monoisotopic (exact) mass is 225 g/mol. The average Bonchev–Trinajstić information content (AvgIpc) is 2.22. The van der Waals surface area contributed by atoms with Crippen LogP contribution in [0.2, 0.25) is 0 Å². The molecule has 1 amide bonds. The van der Waals surface area contributed by atoms with Crippen LogP contribution in [0.15, 0.2) is 0 Å². The highest BCUT2D eigenvalue weighted by Crippen LogP contribution is 2.13. The Labute approximate surface area is 98.2 Å². The molecule has 0 aromatic carbocycles. The zero-order valence-electron chi connectivity index (χ0n) is 10.7. The van der Waals surface area contributed by atoms with Crippen molar-refractivity contribution in [2.24, 2.45) is 23.0 Å². The second-order valence-corrected chi connectivity index (χ2v) is 5.28. The molecule has 0 radical (unpaired) electrons. The van der Waals surface area contributed by atoms with Gasteiger partial charge in [-0.1, -0.05) is 13.8 Å². The van der Waals surface area contributed by atoms with Gasteiger partial charge in [0.05, 0.1) is 17.4 Å². The minimum atomic E-state index is -0.521. The van der Waals surface area contributed by atoms with Crippen LogP contribution < -0.4 is 11.1 Å². The quantitative estimate of drug-likeness (QED) is 0.714. The van der Waals surface area contributed by atoms with Gasteiger partial charge < -0.3 is 11.1 Å². The Balaban J connectivity index is 4.19. The molecule has 0 saturated heterocycles. The van der Waals surface area contributed by atoms with Crippen molar-refractivity contribution in [1.29, 1.82) is 5.26 Å². The summed E-state index contributed by atoms with van der Waals surface area (Å²) in [6.45, 7) is 8.46. The molecule has 92 valence electrons. The van der Waals surface area contributed by atoms with Crippen LogP contribution in [0.25, 0.3) is 0 Å². The third-order valence-corrected chi connectivity index (χ3v) is 2.42. The van der Waals surface area contributed by atoms with Gasteiger partial charge in [0, 0.05) is 13.1 Å². The zero-order valence-corrected chi connectivity index (χ0v) is 10.7. The number of carbonyl (C=O) groups is 1. The van der Waals surface area contributed by atoms with E-state index in [0.29, 0.717) is 19.0 Å². The molecule has 0 heterocycles. The predicted octanol–water partition coefficient (Wildman–Crippen LogP) is 1.27. The molecule has 1 atom stereocenters. The van der Waals surface area contributed by atoms with Gasteiger partial charge in [0.25, 0.3) is 0 Å². The minimum Gasteiger partial charge on any atom is -0.354 e. The van der Waals surface area contributed by atoms with Gasteiger partial charge in [-0.15, -0.1) is 0 Å². The fraction of sp³-hybridized carbons (Fsp3) is 0.833. The summed E-state index contributed by atoms with van der Waals surface area (Å²) >= 11 is 0. The van der Waals surface area contributed by atoms with Gasteiger partial charge in [0.15, 0.2) is 0 Å². The van der Waals surface area contributed by atoms with E-state index in [1.54, 1.807) is 13.8 Å². The fourth-order valence-corrected chi connectivity index (χ4v) is 1.37. The van der Waals surface area contributed by atoms with Gasteiger partial charge in [0.2, 0.25) is 5.91 Å². The molecule has 0 spiro atoms. The van der Waals surface area contributed by atoms with Crippen molar-refractivity contribution in [3.63, 3.8) is 0 Å². The third kappa shape index (κ3) is 5.72. The number of nitrogens with one attached hydrogen (secondary N) is 1. The van der Waals surface area contributed by atoms with Crippen LogP contribution in [0.4, 0.5) is 0 Å². The maximum Gasteiger partial charge on any atom is 0.224 e. The smallest absolute Gasteiger partial charge is 0.224 e. The van der Waals surface area contributed by atoms with E-state index in [9.17, 15) is 4.79 Å². The first-order valence-corrected chi connectivity index (χ1v) is 5.71. The number of amides is 1. The molecule has 0 fully saturated rings. The molecular weight excluding hydrogens is 202 g/mol. The SMILES string of the molecule is CC(C)CC(CN)C(=O)NCC(C)(C)C#N. The van der Waals surface area contributed by atoms with Crippen molar-refractivity contribution in [3.8, 4) is 6.07 Å². The van der Waals surface area contributed by atoms with Crippen LogP contribution in [0.3, 0.4) is 0 Å². The molecule has 0 aromatic heterocycles. The standard InChI is InChI=1S/C12H23N3O/c1-9(2)5-10(6-13)11(16)15-8-12(3,4)7-14/h9-10H,5-6,8,13H2,1-4H3,(H,15,16). The van der Waals surface area contributed by atoms with Crippen molar-refractivity contribution in [3.05, 3.63) is 0 Å². The van der Waals surface area contributed by atoms with Crippen LogP contribution in [0, 0.1) is 28.6 Å². The fourth-order valence-electron chi connectivity index (χ4n) is 1.37. The highest BCUT2D eigenvalue weighted by atomic mass is 16.1. The zero-order chi connectivity index (χ0) is 12.8. The van der Waals surface area contributed by atoms with Crippen LogP contribution in [0.1, 0.15) is 34.1 Å². The van der Waals surface area contributed by atoms with Crippen molar-refractivity contribution in [2.45, 2.75) is 34.1 Å². The summed E-state index contributed by atoms with van der Waals surface area (Å²) in [5, 5.41) is 11.6. The highest BCUT2D eigenvalue weighted by Gasteiger charge is 2.22. The van der Waals surface area contributed by atoms with E-state index in [0.717, 1.165) is 6.42 Å². The van der Waals surface area contributed by atoms with E-state index in [1.807, 2.05) is 0 Å². The number of carbonyl (C=O) groups excluding carboxylic acids is 1. The van der Waals surface area contributed by atoms with Gasteiger partial charge in [-0.25, -0.2) is 0 Å². The topological polar surface area (TPSA) is 78.9 Å². The van der Waals surface area contributed by atoms with Crippen LogP contribution in [-0.2, 0) is 4.79 Å². The molecule has 0 rings (SSSR count). The summed E-state index contributed by atoms with van der Waals surface area (Å²) in [6.07, 6.45) is 0.787. The summed E-state index contributed by atoms with van der Waals surface area (Å²) in [5.41, 5.74) is 5.05. The largest absolute Gasteiger partial charge is 0.354 e. The average molecular weight is 225 g/mol. The molecule has 16 heavy (non-hydrogen) atoms. The van der Waals surface area contributed by atoms with E-state index < -0.39 is 5.41 Å². The lowest BCUT2D eigenvalue weighted by Crippen LogP contribution is -2.40. The van der Waals surface area contributed by atoms with Crippen molar-refractivity contribution >= 4 is 5.91 Å². The van der Waals surface area contributed by atoms with E-state index in [1.165, 1.54) is 0 Å². The van der Waals surface area contributed by atoms with Crippen LogP contribution in [0.5, 0.6) is 0 Å². The lowest BCUT2D eigenvalue weighted by atomic mass is 9.93. The van der Waals surface area contributed by atoms with E-state index in [4.69, 9.17) is 11.0 Å². The van der Waals surface area contributed by atoms with Crippen molar-refractivity contribution in [1.82, 2.24) is 5.32 Å². The summed E-state index contributed by atoms with van der Waals surface area (Å²) in [5.74, 6) is 0.261. The van der Waals surface area contributed by atoms with Gasteiger partial charge in [0.1, 0.15) is 0 Å². The molecule has 0 aromatic rings. The highest BCUT2D eigenvalue weighted by molar-refractivity contribution is 5.78. The maximum atomic E-state index is 11.8. The molecule has 3 N–H and O–H groups in total. The summed E-state index contributed by atoms with van der Waals surface area (Å²) in [4.78, 5) is 11.8. The molecule has 1 unspecified atom stereocenters. The first kappa shape index (κ1) is 14.9. The lowest BCUT2D eigenvalue weighted by molar-refractivity contribution is -0.125. The van der Waals surface area contributed by atoms with Crippen LogP contribution >= 0.6 is 0 Å². The molecule has 0 aliphatic carbocycles. The molecule has 0 aliphatic rings. The Morgan fingerprint density at radius 3 is 2.44 bits per heavy atom. The number of hydrogen-bond donors (Lipinski definition) is 2.